The van der Waals surface area contributed by atoms with Gasteiger partial charge in [-0.3, -0.25) is 4.79 Å². The van der Waals surface area contributed by atoms with Crippen molar-refractivity contribution in [2.24, 2.45) is 11.8 Å². The van der Waals surface area contributed by atoms with E-state index in [-0.39, 0.29) is 12.0 Å². The molecule has 5 rings (SSSR count). The summed E-state index contributed by atoms with van der Waals surface area (Å²) in [7, 11) is 9.19. The van der Waals surface area contributed by atoms with Crippen LogP contribution in [0.1, 0.15) is 67.4 Å². The molecule has 3 heterocycles. The summed E-state index contributed by atoms with van der Waals surface area (Å²) in [6.07, 6.45) is 4.94. The van der Waals surface area contributed by atoms with Crippen molar-refractivity contribution in [2.45, 2.75) is 58.0 Å². The number of rotatable bonds is 8. The Morgan fingerprint density at radius 3 is 2.02 bits per heavy atom. The first-order valence-electron chi connectivity index (χ1n) is 14.5. The van der Waals surface area contributed by atoms with Gasteiger partial charge in [0.05, 0.1) is 54.6 Å². The highest BCUT2D eigenvalue weighted by atomic mass is 16.7. The number of piperidine rings is 1. The van der Waals surface area contributed by atoms with Crippen molar-refractivity contribution in [1.29, 1.82) is 0 Å². The highest BCUT2D eigenvalue weighted by Crippen LogP contribution is 2.51. The van der Waals surface area contributed by atoms with Gasteiger partial charge in [0.1, 0.15) is 6.04 Å². The van der Waals surface area contributed by atoms with Gasteiger partial charge in [0.2, 0.25) is 0 Å². The smallest absolute Gasteiger partial charge is 0.322 e. The summed E-state index contributed by atoms with van der Waals surface area (Å²) < 4.78 is 23.7. The Hall–Kier alpha value is -2.97. The predicted molar refractivity (Wildman–Crippen MR) is 153 cm³/mol. The monoisotopic (exact) mass is 553 g/mol. The molecule has 8 heteroatoms. The van der Waals surface area contributed by atoms with Crippen LogP contribution < -0.4 is 18.9 Å². The third kappa shape index (κ3) is 5.12. The summed E-state index contributed by atoms with van der Waals surface area (Å²) in [6.45, 7) is 6.73. The number of quaternary nitrogens is 1. The quantitative estimate of drug-likeness (QED) is 0.412. The number of methoxy groups -OCH3 is 4. The maximum Gasteiger partial charge on any atom is 0.322 e. The number of carbonyl (C=O) groups excluding carboxylic acids is 1. The first-order chi connectivity index (χ1) is 19.2. The predicted octanol–water partition coefficient (Wildman–Crippen LogP) is 5.28. The number of ether oxygens (including phenoxy) is 4. The van der Waals surface area contributed by atoms with Crippen LogP contribution in [0.3, 0.4) is 0 Å². The van der Waals surface area contributed by atoms with Gasteiger partial charge >= 0.3 is 5.97 Å². The van der Waals surface area contributed by atoms with E-state index in [1.54, 1.807) is 28.4 Å². The van der Waals surface area contributed by atoms with Gasteiger partial charge in [0, 0.05) is 37.8 Å². The first kappa shape index (κ1) is 28.6. The number of nitrogens with zero attached hydrogens (tertiary/aromatic N) is 2. The minimum absolute atomic E-state index is 0.0446. The number of fused-ring (bicyclic) bond motifs is 4. The molecule has 5 atom stereocenters. The van der Waals surface area contributed by atoms with Crippen LogP contribution in [-0.4, -0.2) is 70.6 Å². The topological polar surface area (TPSA) is 66.5 Å². The third-order valence-electron chi connectivity index (χ3n) is 9.74. The second kappa shape index (κ2) is 11.5. The fourth-order valence-corrected chi connectivity index (χ4v) is 7.66. The summed E-state index contributed by atoms with van der Waals surface area (Å²) in [5.74, 6) is 3.80. The molecule has 0 amide bonds. The molecule has 40 heavy (non-hydrogen) atoms. The molecular weight excluding hydrogens is 508 g/mol. The van der Waals surface area contributed by atoms with Crippen molar-refractivity contribution >= 4 is 5.97 Å². The zero-order chi connectivity index (χ0) is 28.6. The summed E-state index contributed by atoms with van der Waals surface area (Å²) in [4.78, 5) is 18.0. The molecule has 4 unspecified atom stereocenters. The van der Waals surface area contributed by atoms with Crippen LogP contribution in [0.15, 0.2) is 24.3 Å². The lowest BCUT2D eigenvalue weighted by Gasteiger charge is -2.54. The third-order valence-corrected chi connectivity index (χ3v) is 9.74. The number of hydrogen-bond acceptors (Lipinski definition) is 7. The SMILES string of the molecule is CCC1C[N+]2(C)CCc3cc(OC)c(OC)cc3[C@@H]2CC1CC1c2cc(OC)c(OC)cc2CCN1OC(C)=O. The second-order valence-corrected chi connectivity index (χ2v) is 11.9. The van der Waals surface area contributed by atoms with Crippen molar-refractivity contribution in [3.05, 3.63) is 46.5 Å². The Balaban J connectivity index is 1.52. The van der Waals surface area contributed by atoms with Gasteiger partial charge in [-0.25, -0.2) is 0 Å². The van der Waals surface area contributed by atoms with Gasteiger partial charge in [0.15, 0.2) is 23.0 Å². The lowest BCUT2D eigenvalue weighted by molar-refractivity contribution is -0.951. The van der Waals surface area contributed by atoms with Crippen LogP contribution in [0.5, 0.6) is 23.0 Å². The fourth-order valence-electron chi connectivity index (χ4n) is 7.66. The molecule has 2 aromatic carbocycles. The van der Waals surface area contributed by atoms with E-state index >= 15 is 0 Å². The highest BCUT2D eigenvalue weighted by Gasteiger charge is 2.49. The Morgan fingerprint density at radius 1 is 0.875 bits per heavy atom. The fraction of sp³-hybridized carbons (Fsp3) is 0.594. The van der Waals surface area contributed by atoms with E-state index in [9.17, 15) is 4.79 Å². The van der Waals surface area contributed by atoms with E-state index in [0.717, 1.165) is 66.9 Å². The van der Waals surface area contributed by atoms with Crippen molar-refractivity contribution in [2.75, 3.05) is 55.1 Å². The van der Waals surface area contributed by atoms with Crippen LogP contribution >= 0.6 is 0 Å². The molecule has 2 aromatic rings. The number of hydroxylamine groups is 2. The van der Waals surface area contributed by atoms with E-state index in [0.29, 0.717) is 30.2 Å². The normalized spacial score (nSPS) is 27.6. The van der Waals surface area contributed by atoms with Gasteiger partial charge in [-0.2, -0.15) is 0 Å². The molecule has 3 aliphatic heterocycles. The molecule has 0 saturated carbocycles. The Bertz CT molecular complexity index is 1250. The first-order valence-corrected chi connectivity index (χ1v) is 14.5. The minimum atomic E-state index is -0.281. The molecule has 8 nitrogen and oxygen atoms in total. The van der Waals surface area contributed by atoms with Gasteiger partial charge in [-0.1, -0.05) is 6.92 Å². The molecular formula is C32H45N2O6+. The van der Waals surface area contributed by atoms with Gasteiger partial charge < -0.3 is 28.3 Å². The van der Waals surface area contributed by atoms with Crippen LogP contribution in [-0.2, 0) is 22.5 Å². The Kier molecular flexibility index (Phi) is 8.20. The molecule has 0 aliphatic carbocycles. The average Bonchev–Trinajstić information content (AvgIpc) is 2.96. The lowest BCUT2D eigenvalue weighted by atomic mass is 9.71. The molecule has 3 aliphatic rings. The largest absolute Gasteiger partial charge is 0.493 e. The maximum absolute atomic E-state index is 12.2. The van der Waals surface area contributed by atoms with E-state index in [4.69, 9.17) is 23.8 Å². The molecule has 0 N–H and O–H groups in total. The minimum Gasteiger partial charge on any atom is -0.493 e. The van der Waals surface area contributed by atoms with E-state index in [1.807, 2.05) is 5.06 Å². The van der Waals surface area contributed by atoms with Gasteiger partial charge in [0.25, 0.3) is 0 Å². The van der Waals surface area contributed by atoms with Crippen molar-refractivity contribution in [1.82, 2.24) is 5.06 Å². The summed E-state index contributed by atoms with van der Waals surface area (Å²) >= 11 is 0. The van der Waals surface area contributed by atoms with E-state index in [1.165, 1.54) is 29.2 Å². The number of carbonyl (C=O) groups is 1. The summed E-state index contributed by atoms with van der Waals surface area (Å²) in [5.41, 5.74) is 5.15. The molecule has 1 saturated heterocycles. The van der Waals surface area contributed by atoms with Crippen molar-refractivity contribution in [3.63, 3.8) is 0 Å². The number of likely N-dealkylation sites (N-methyl/N-ethyl adjacent to an activating group) is 1. The average molecular weight is 554 g/mol. The second-order valence-electron chi connectivity index (χ2n) is 11.9. The number of hydrogen-bond donors (Lipinski definition) is 0. The van der Waals surface area contributed by atoms with Gasteiger partial charge in [-0.05, 0) is 66.1 Å². The summed E-state index contributed by atoms with van der Waals surface area (Å²) in [6, 6.07) is 8.92. The highest BCUT2D eigenvalue weighted by molar-refractivity contribution is 5.65. The maximum atomic E-state index is 12.2. The van der Waals surface area contributed by atoms with Gasteiger partial charge in [-0.15, -0.1) is 5.06 Å². The van der Waals surface area contributed by atoms with Crippen molar-refractivity contribution in [3.8, 4) is 23.0 Å². The molecule has 0 aromatic heterocycles. The van der Waals surface area contributed by atoms with Crippen LogP contribution in [0.2, 0.25) is 0 Å². The lowest BCUT2D eigenvalue weighted by Crippen LogP contribution is -2.58. The van der Waals surface area contributed by atoms with E-state index in [2.05, 4.69) is 38.2 Å². The standard InChI is InChI=1S/C32H45N2O6/c1-8-21-19-34(3)12-10-23-16-30(37-5)32(39-7)18-26(23)28(34)14-24(21)13-27-25-17-31(38-6)29(36-4)15-22(25)9-11-33(27)40-20(2)35/h15-18,21,24,27-28H,8-14,19H2,1-7H3/q+1/t21?,24?,27?,28-,34?/m0/s1. The molecule has 0 bridgehead atoms. The number of benzene rings is 2. The van der Waals surface area contributed by atoms with Crippen LogP contribution in [0.25, 0.3) is 0 Å². The van der Waals surface area contributed by atoms with Crippen LogP contribution in [0, 0.1) is 11.8 Å². The Morgan fingerprint density at radius 2 is 1.45 bits per heavy atom. The molecule has 0 radical (unpaired) electrons. The van der Waals surface area contributed by atoms with E-state index < -0.39 is 0 Å². The van der Waals surface area contributed by atoms with Crippen molar-refractivity contribution < 1.29 is 33.1 Å². The zero-order valence-electron chi connectivity index (χ0n) is 25.1. The van der Waals surface area contributed by atoms with Crippen LogP contribution in [0.4, 0.5) is 0 Å². The summed E-state index contributed by atoms with van der Waals surface area (Å²) in [5, 5.41) is 1.91. The zero-order valence-corrected chi connectivity index (χ0v) is 25.1. The molecule has 0 spiro atoms. The molecule has 1 fully saturated rings. The molecule has 218 valence electrons. The Labute approximate surface area is 238 Å².